The Morgan fingerprint density at radius 1 is 1.32 bits per heavy atom. The molecule has 22 heavy (non-hydrogen) atoms. The Morgan fingerprint density at radius 2 is 2.05 bits per heavy atom. The van der Waals surface area contributed by atoms with Crippen LogP contribution < -0.4 is 5.32 Å². The zero-order valence-corrected chi connectivity index (χ0v) is 13.2. The standard InChI is InChI=1S/C15H22N6O/c1-4-20(11-15(22)16-12(2)3)10-14-17-18-19-21(14)13-8-6-5-7-9-13/h5-9,12H,4,10-11H2,1-3H3,(H,16,22). The number of tetrazole rings is 1. The molecule has 1 N–H and O–H groups in total. The molecular weight excluding hydrogens is 280 g/mol. The SMILES string of the molecule is CCN(CC(=O)NC(C)C)Cc1nnnn1-c1ccccc1. The van der Waals surface area contributed by atoms with E-state index in [-0.39, 0.29) is 11.9 Å². The summed E-state index contributed by atoms with van der Waals surface area (Å²) in [5.41, 5.74) is 0.908. The second kappa shape index (κ2) is 7.65. The molecule has 2 rings (SSSR count). The van der Waals surface area contributed by atoms with Gasteiger partial charge in [0.25, 0.3) is 0 Å². The smallest absolute Gasteiger partial charge is 0.234 e. The van der Waals surface area contributed by atoms with Crippen LogP contribution in [0, 0.1) is 0 Å². The highest BCUT2D eigenvalue weighted by molar-refractivity contribution is 5.78. The van der Waals surface area contributed by atoms with E-state index >= 15 is 0 Å². The lowest BCUT2D eigenvalue weighted by Crippen LogP contribution is -2.40. The van der Waals surface area contributed by atoms with Crippen molar-refractivity contribution in [3.05, 3.63) is 36.2 Å². The van der Waals surface area contributed by atoms with Crippen LogP contribution in [0.4, 0.5) is 0 Å². The molecule has 0 bridgehead atoms. The molecule has 0 spiro atoms. The largest absolute Gasteiger partial charge is 0.353 e. The lowest BCUT2D eigenvalue weighted by atomic mass is 10.3. The maximum atomic E-state index is 11.9. The number of carbonyl (C=O) groups is 1. The highest BCUT2D eigenvalue weighted by atomic mass is 16.2. The monoisotopic (exact) mass is 302 g/mol. The van der Waals surface area contributed by atoms with Gasteiger partial charge < -0.3 is 5.32 Å². The lowest BCUT2D eigenvalue weighted by Gasteiger charge is -2.20. The number of amides is 1. The van der Waals surface area contributed by atoms with Gasteiger partial charge in [-0.3, -0.25) is 9.69 Å². The number of likely N-dealkylation sites (N-methyl/N-ethyl adjacent to an activating group) is 1. The van der Waals surface area contributed by atoms with E-state index in [4.69, 9.17) is 0 Å². The number of aromatic nitrogens is 4. The molecule has 2 aromatic rings. The minimum atomic E-state index is 0.00980. The molecule has 1 amide bonds. The number of para-hydroxylation sites is 1. The molecule has 0 fully saturated rings. The molecule has 0 atom stereocenters. The third-order valence-corrected chi connectivity index (χ3v) is 3.16. The van der Waals surface area contributed by atoms with Crippen LogP contribution in [0.2, 0.25) is 0 Å². The molecule has 1 aromatic carbocycles. The quantitative estimate of drug-likeness (QED) is 0.826. The maximum absolute atomic E-state index is 11.9. The average Bonchev–Trinajstić information content (AvgIpc) is 2.94. The van der Waals surface area contributed by atoms with Crippen molar-refractivity contribution in [1.29, 1.82) is 0 Å². The molecule has 0 aliphatic rings. The Morgan fingerprint density at radius 3 is 2.68 bits per heavy atom. The molecule has 7 heteroatoms. The van der Waals surface area contributed by atoms with Gasteiger partial charge in [0.1, 0.15) is 0 Å². The van der Waals surface area contributed by atoms with Gasteiger partial charge in [0, 0.05) is 6.04 Å². The van der Waals surface area contributed by atoms with Gasteiger partial charge in [0.2, 0.25) is 5.91 Å². The summed E-state index contributed by atoms with van der Waals surface area (Å²) in [4.78, 5) is 13.9. The van der Waals surface area contributed by atoms with Gasteiger partial charge in [-0.05, 0) is 43.0 Å². The normalized spacial score (nSPS) is 11.1. The summed E-state index contributed by atoms with van der Waals surface area (Å²) in [5.74, 6) is 0.723. The third kappa shape index (κ3) is 4.36. The molecule has 0 unspecified atom stereocenters. The molecule has 118 valence electrons. The summed E-state index contributed by atoms with van der Waals surface area (Å²) >= 11 is 0. The van der Waals surface area contributed by atoms with Crippen LogP contribution in [-0.4, -0.2) is 50.1 Å². The molecule has 0 aliphatic heterocycles. The predicted octanol–water partition coefficient (Wildman–Crippen LogP) is 1.01. The van der Waals surface area contributed by atoms with Crippen LogP contribution in [0.3, 0.4) is 0 Å². The van der Waals surface area contributed by atoms with Gasteiger partial charge in [-0.25, -0.2) is 0 Å². The van der Waals surface area contributed by atoms with Gasteiger partial charge in [-0.1, -0.05) is 25.1 Å². The van der Waals surface area contributed by atoms with Crippen LogP contribution in [0.1, 0.15) is 26.6 Å². The van der Waals surface area contributed by atoms with Crippen LogP contribution in [0.15, 0.2) is 30.3 Å². The first-order chi connectivity index (χ1) is 10.6. The minimum Gasteiger partial charge on any atom is -0.353 e. The number of nitrogens with zero attached hydrogens (tertiary/aromatic N) is 5. The van der Waals surface area contributed by atoms with E-state index in [0.717, 1.165) is 12.2 Å². The molecule has 0 saturated carbocycles. The van der Waals surface area contributed by atoms with E-state index in [2.05, 4.69) is 20.8 Å². The number of carbonyl (C=O) groups excluding carboxylic acids is 1. The zero-order chi connectivity index (χ0) is 15.9. The molecule has 0 aliphatic carbocycles. The molecule has 0 saturated heterocycles. The maximum Gasteiger partial charge on any atom is 0.234 e. The van der Waals surface area contributed by atoms with E-state index in [0.29, 0.717) is 18.9 Å². The van der Waals surface area contributed by atoms with Crippen LogP contribution >= 0.6 is 0 Å². The van der Waals surface area contributed by atoms with Crippen molar-refractivity contribution < 1.29 is 4.79 Å². The van der Waals surface area contributed by atoms with Crippen LogP contribution in [-0.2, 0) is 11.3 Å². The molecule has 1 heterocycles. The highest BCUT2D eigenvalue weighted by Gasteiger charge is 2.15. The predicted molar refractivity (Wildman–Crippen MR) is 83.4 cm³/mol. The second-order valence-corrected chi connectivity index (χ2v) is 5.37. The van der Waals surface area contributed by atoms with Crippen LogP contribution in [0.25, 0.3) is 5.69 Å². The summed E-state index contributed by atoms with van der Waals surface area (Å²) in [5, 5.41) is 14.8. The van der Waals surface area contributed by atoms with E-state index in [1.807, 2.05) is 56.0 Å². The zero-order valence-electron chi connectivity index (χ0n) is 13.2. The van der Waals surface area contributed by atoms with Gasteiger partial charge in [0.15, 0.2) is 5.82 Å². The number of benzene rings is 1. The third-order valence-electron chi connectivity index (χ3n) is 3.16. The fourth-order valence-corrected chi connectivity index (χ4v) is 2.12. The Balaban J connectivity index is 2.06. The number of hydrogen-bond donors (Lipinski definition) is 1. The first kappa shape index (κ1) is 16.1. The summed E-state index contributed by atoms with van der Waals surface area (Å²) in [6.07, 6.45) is 0. The Kier molecular flexibility index (Phi) is 5.60. The topological polar surface area (TPSA) is 75.9 Å². The van der Waals surface area contributed by atoms with Gasteiger partial charge in [0.05, 0.1) is 18.8 Å². The van der Waals surface area contributed by atoms with Crippen molar-refractivity contribution in [2.45, 2.75) is 33.4 Å². The van der Waals surface area contributed by atoms with E-state index in [9.17, 15) is 4.79 Å². The van der Waals surface area contributed by atoms with Gasteiger partial charge >= 0.3 is 0 Å². The van der Waals surface area contributed by atoms with Gasteiger partial charge in [-0.2, -0.15) is 4.68 Å². The van der Waals surface area contributed by atoms with E-state index in [1.165, 1.54) is 0 Å². The number of nitrogens with one attached hydrogen (secondary N) is 1. The first-order valence-corrected chi connectivity index (χ1v) is 7.44. The second-order valence-electron chi connectivity index (χ2n) is 5.37. The molecule has 7 nitrogen and oxygen atoms in total. The highest BCUT2D eigenvalue weighted by Crippen LogP contribution is 2.08. The van der Waals surface area contributed by atoms with Crippen molar-refractivity contribution >= 4 is 5.91 Å². The summed E-state index contributed by atoms with van der Waals surface area (Å²) < 4.78 is 1.70. The summed E-state index contributed by atoms with van der Waals surface area (Å²) in [7, 11) is 0. The van der Waals surface area contributed by atoms with E-state index < -0.39 is 0 Å². The van der Waals surface area contributed by atoms with Gasteiger partial charge in [-0.15, -0.1) is 5.10 Å². The fourth-order valence-electron chi connectivity index (χ4n) is 2.12. The summed E-state index contributed by atoms with van der Waals surface area (Å²) in [6, 6.07) is 9.86. The summed E-state index contributed by atoms with van der Waals surface area (Å²) in [6.45, 7) is 7.50. The van der Waals surface area contributed by atoms with Crippen molar-refractivity contribution in [3.63, 3.8) is 0 Å². The average molecular weight is 302 g/mol. The Hall–Kier alpha value is -2.28. The molecule has 1 aromatic heterocycles. The lowest BCUT2D eigenvalue weighted by molar-refractivity contribution is -0.122. The van der Waals surface area contributed by atoms with Crippen molar-refractivity contribution in [2.75, 3.05) is 13.1 Å². The fraction of sp³-hybridized carbons (Fsp3) is 0.467. The van der Waals surface area contributed by atoms with Crippen LogP contribution in [0.5, 0.6) is 0 Å². The Bertz CT molecular complexity index is 595. The number of hydrogen-bond acceptors (Lipinski definition) is 5. The van der Waals surface area contributed by atoms with Crippen molar-refractivity contribution in [2.24, 2.45) is 0 Å². The number of rotatable bonds is 7. The molecule has 0 radical (unpaired) electrons. The molecular formula is C15H22N6O. The minimum absolute atomic E-state index is 0.00980. The van der Waals surface area contributed by atoms with Crippen molar-refractivity contribution in [3.8, 4) is 5.69 Å². The van der Waals surface area contributed by atoms with Crippen molar-refractivity contribution in [1.82, 2.24) is 30.4 Å². The first-order valence-electron chi connectivity index (χ1n) is 7.44. The van der Waals surface area contributed by atoms with E-state index in [1.54, 1.807) is 4.68 Å². The Labute approximate surface area is 130 Å².